The normalized spacial score (nSPS) is 19.4. The second-order valence-electron chi connectivity index (χ2n) is 15.7. The molecule has 0 unspecified atom stereocenters. The van der Waals surface area contributed by atoms with Crippen molar-refractivity contribution in [1.29, 1.82) is 5.26 Å². The molecule has 1 amide bonds. The molecular weight excluding hydrogens is 955 g/mol. The zero-order valence-corrected chi connectivity index (χ0v) is 43.5. The number of nitriles is 1. The Bertz CT molecular complexity index is 1790. The van der Waals surface area contributed by atoms with E-state index in [1.807, 2.05) is 35.5 Å². The van der Waals surface area contributed by atoms with Crippen LogP contribution in [-0.2, 0) is 20.0 Å². The number of amides is 1. The number of amidine groups is 1. The van der Waals surface area contributed by atoms with Crippen LogP contribution >= 0.6 is 46.1 Å². The molecule has 0 saturated heterocycles. The Morgan fingerprint density at radius 2 is 1.15 bits per heavy atom. The van der Waals surface area contributed by atoms with Crippen molar-refractivity contribution < 1.29 is 61.5 Å². The van der Waals surface area contributed by atoms with Crippen molar-refractivity contribution in [1.82, 2.24) is 14.8 Å². The molecule has 13 nitrogen and oxygen atoms in total. The number of sulfonamides is 2. The maximum absolute atomic E-state index is 12.3. The summed E-state index contributed by atoms with van der Waals surface area (Å²) in [5, 5.41) is 13.2. The maximum Gasteiger partial charge on any atom is 1.00 e. The maximum atomic E-state index is 12.3. The van der Waals surface area contributed by atoms with Crippen LogP contribution in [0.1, 0.15) is 114 Å². The first kappa shape index (κ1) is 60.0. The minimum atomic E-state index is -3.30. The molecule has 6 N–H and O–H groups in total. The van der Waals surface area contributed by atoms with Crippen molar-refractivity contribution in [3.63, 3.8) is 0 Å². The topological polar surface area (TPSA) is 231 Å². The molecule has 59 heavy (non-hydrogen) atoms. The van der Waals surface area contributed by atoms with Crippen LogP contribution in [-0.4, -0.2) is 84.4 Å². The summed E-state index contributed by atoms with van der Waals surface area (Å²) in [6.45, 7) is 11.3. The van der Waals surface area contributed by atoms with E-state index < -0.39 is 29.5 Å². The fourth-order valence-electron chi connectivity index (χ4n) is 5.49. The molecule has 0 aromatic heterocycles. The SMILES string of the molecule is CC(C)(C)S(=O)(=O)NCC1CCC(N)CC1.CI.CSC(=NC1CCC(CNS(=O)(=O)C(C)(C)C)CC1)NC(=O)c1ccccc1.N#CSC(=O)c1ccccc1.[Na+].[OH-]. The van der Waals surface area contributed by atoms with Gasteiger partial charge in [0.1, 0.15) is 5.40 Å². The Kier molecular flexibility index (Phi) is 30.6. The van der Waals surface area contributed by atoms with Gasteiger partial charge in [0.25, 0.3) is 5.91 Å². The minimum absolute atomic E-state index is 0. The number of hydrogen-bond donors (Lipinski definition) is 4. The number of carbonyl (C=O) groups is 2. The summed E-state index contributed by atoms with van der Waals surface area (Å²) >= 11 is 4.23. The smallest absolute Gasteiger partial charge is 0.870 e. The fraction of sp³-hybridized carbons (Fsp3) is 0.600. The van der Waals surface area contributed by atoms with E-state index in [1.165, 1.54) is 11.8 Å². The second kappa shape index (κ2) is 30.1. The number of rotatable bonds is 9. The summed E-state index contributed by atoms with van der Waals surface area (Å²) in [6, 6.07) is 18.3. The molecule has 2 saturated carbocycles. The molecule has 0 atom stereocenters. The number of thioether (sulfide) groups is 2. The third-order valence-corrected chi connectivity index (χ3v) is 14.8. The number of benzene rings is 2. The van der Waals surface area contributed by atoms with Crippen LogP contribution in [0, 0.1) is 22.5 Å². The Labute approximate surface area is 398 Å². The number of nitrogens with zero attached hydrogens (tertiary/aromatic N) is 2. The van der Waals surface area contributed by atoms with E-state index in [2.05, 4.69) is 37.4 Å². The van der Waals surface area contributed by atoms with Crippen LogP contribution in [0.25, 0.3) is 0 Å². The van der Waals surface area contributed by atoms with Gasteiger partial charge in [0.15, 0.2) is 5.17 Å². The van der Waals surface area contributed by atoms with Gasteiger partial charge in [-0.3, -0.25) is 14.6 Å². The molecule has 2 aromatic carbocycles. The average Bonchev–Trinajstić information content (AvgIpc) is 3.18. The Morgan fingerprint density at radius 3 is 1.53 bits per heavy atom. The zero-order valence-electron chi connectivity index (χ0n) is 36.0. The Morgan fingerprint density at radius 1 is 0.763 bits per heavy atom. The molecule has 2 fully saturated rings. The minimum Gasteiger partial charge on any atom is -0.870 e. The van der Waals surface area contributed by atoms with Crippen molar-refractivity contribution in [3.05, 3.63) is 71.8 Å². The molecule has 4 rings (SSSR count). The van der Waals surface area contributed by atoms with Gasteiger partial charge in [-0.2, -0.15) is 5.26 Å². The number of carbonyl (C=O) groups excluding carboxylic acids is 2. The van der Waals surface area contributed by atoms with Gasteiger partial charge in [-0.25, -0.2) is 26.3 Å². The Hall–Kier alpha value is -1.09. The number of alkyl halides is 1. The molecule has 0 heterocycles. The first-order valence-electron chi connectivity index (χ1n) is 18.9. The molecule has 19 heteroatoms. The summed E-state index contributed by atoms with van der Waals surface area (Å²) in [7, 11) is -6.49. The summed E-state index contributed by atoms with van der Waals surface area (Å²) in [5.74, 6) is 0.635. The molecule has 328 valence electrons. The number of aliphatic imine (C=N–C) groups is 1. The molecule has 2 aliphatic rings. The standard InChI is InChI=1S/C20H31N3O3S2.C11H24N2O2S.C8H5NOS.CH3I.Na.H2O/c1-20(2,3)28(25,26)21-14-15-10-12-17(13-11-15)22-19(27-4)23-18(24)16-8-6-5-7-9-16;1-11(2,3)16(14,15)13-8-9-4-6-10(12)7-5-9;9-6-11-8(10)7-4-2-1-3-5-7;1-2;;/h5-9,15,17,21H,10-14H2,1-4H3,(H,22,23,24);9-10,13H,4-8,12H2,1-3H3;1-5H;1H3;;1H2/q;;;;+1;/p-1. The summed E-state index contributed by atoms with van der Waals surface area (Å²) in [5.41, 5.74) is 6.99. The van der Waals surface area contributed by atoms with Crippen molar-refractivity contribution >= 4 is 82.4 Å². The van der Waals surface area contributed by atoms with Gasteiger partial charge in [-0.15, -0.1) is 0 Å². The predicted octanol–water partition coefficient (Wildman–Crippen LogP) is 4.55. The Balaban J connectivity index is 0. The molecular formula is C40H64IN6NaO7S4. The van der Waals surface area contributed by atoms with E-state index in [0.29, 0.717) is 59.0 Å². The monoisotopic (exact) mass is 1020 g/mol. The molecule has 0 spiro atoms. The summed E-state index contributed by atoms with van der Waals surface area (Å²) in [6.07, 6.45) is 9.65. The molecule has 0 aliphatic heterocycles. The van der Waals surface area contributed by atoms with Gasteiger partial charge in [0, 0.05) is 42.0 Å². The third kappa shape index (κ3) is 23.2. The van der Waals surface area contributed by atoms with E-state index in [1.54, 1.807) is 83.3 Å². The van der Waals surface area contributed by atoms with Gasteiger partial charge in [-0.1, -0.05) is 82.9 Å². The number of nitrogens with two attached hydrogens (primary N) is 1. The van der Waals surface area contributed by atoms with E-state index in [4.69, 9.17) is 16.0 Å². The van der Waals surface area contributed by atoms with E-state index in [-0.39, 0.29) is 52.1 Å². The largest absolute Gasteiger partial charge is 1.00 e. The van der Waals surface area contributed by atoms with Gasteiger partial charge < -0.3 is 16.5 Å². The van der Waals surface area contributed by atoms with Gasteiger partial charge >= 0.3 is 29.6 Å². The van der Waals surface area contributed by atoms with Crippen molar-refractivity contribution in [2.24, 2.45) is 22.6 Å². The number of hydrogen-bond acceptors (Lipinski definition) is 12. The number of nitrogens with one attached hydrogen (secondary N) is 3. The van der Waals surface area contributed by atoms with Gasteiger partial charge in [0.05, 0.1) is 15.5 Å². The van der Waals surface area contributed by atoms with E-state index >= 15 is 0 Å². The van der Waals surface area contributed by atoms with Crippen LogP contribution in [0.4, 0.5) is 0 Å². The summed E-state index contributed by atoms with van der Waals surface area (Å²) < 4.78 is 52.0. The first-order chi connectivity index (χ1) is 26.7. The molecule has 0 radical (unpaired) electrons. The quantitative estimate of drug-likeness (QED) is 0.0680. The van der Waals surface area contributed by atoms with Crippen molar-refractivity contribution in [2.45, 2.75) is 114 Å². The van der Waals surface area contributed by atoms with Gasteiger partial charge in [0.2, 0.25) is 25.2 Å². The molecule has 2 aromatic rings. The zero-order chi connectivity index (χ0) is 43.3. The van der Waals surface area contributed by atoms with Crippen molar-refractivity contribution in [2.75, 3.05) is 24.3 Å². The first-order valence-corrected chi connectivity index (χ1v) is 26.1. The molecule has 0 bridgehead atoms. The number of halogens is 1. The van der Waals surface area contributed by atoms with Crippen molar-refractivity contribution in [3.8, 4) is 5.40 Å². The van der Waals surface area contributed by atoms with E-state index in [9.17, 15) is 26.4 Å². The van der Waals surface area contributed by atoms with Crippen LogP contribution in [0.5, 0.6) is 0 Å². The van der Waals surface area contributed by atoms with Crippen LogP contribution < -0.4 is 50.1 Å². The summed E-state index contributed by atoms with van der Waals surface area (Å²) in [4.78, 5) is 30.0. The van der Waals surface area contributed by atoms with Crippen LogP contribution in [0.15, 0.2) is 65.7 Å². The van der Waals surface area contributed by atoms with E-state index in [0.717, 1.165) is 51.4 Å². The predicted molar refractivity (Wildman–Crippen MR) is 250 cm³/mol. The average molecular weight is 1020 g/mol. The van der Waals surface area contributed by atoms with Crippen LogP contribution in [0.2, 0.25) is 0 Å². The number of thiocyanates is 1. The second-order valence-corrected chi connectivity index (χ2v) is 22.3. The fourth-order valence-corrected chi connectivity index (χ4v) is 8.06. The van der Waals surface area contributed by atoms with Gasteiger partial charge in [-0.05, 0) is 128 Å². The molecule has 2 aliphatic carbocycles. The van der Waals surface area contributed by atoms with Crippen LogP contribution in [0.3, 0.4) is 0 Å². The third-order valence-electron chi connectivity index (χ3n) is 9.34.